The SMILES string of the molecule is CCOc1ccc(/C=C2\CCC[C@@H]3C2=NN(C(=O)c2ccco2)[C@@H]3c2ccc(OCC)cc2)cc1. The van der Waals surface area contributed by atoms with Crippen molar-refractivity contribution in [1.82, 2.24) is 5.01 Å². The summed E-state index contributed by atoms with van der Waals surface area (Å²) < 4.78 is 16.6. The summed E-state index contributed by atoms with van der Waals surface area (Å²) in [7, 11) is 0. The number of fused-ring (bicyclic) bond motifs is 1. The van der Waals surface area contributed by atoms with Gasteiger partial charge >= 0.3 is 5.91 Å². The van der Waals surface area contributed by atoms with E-state index >= 15 is 0 Å². The average molecular weight is 471 g/mol. The van der Waals surface area contributed by atoms with Crippen LogP contribution in [0.2, 0.25) is 0 Å². The minimum absolute atomic E-state index is 0.120. The van der Waals surface area contributed by atoms with Gasteiger partial charge in [0.1, 0.15) is 11.5 Å². The summed E-state index contributed by atoms with van der Waals surface area (Å²) in [5.41, 5.74) is 4.31. The molecule has 1 saturated carbocycles. The highest BCUT2D eigenvalue weighted by Crippen LogP contribution is 2.45. The molecular formula is C29H30N2O4. The maximum Gasteiger partial charge on any atom is 0.310 e. The molecule has 0 spiro atoms. The number of hydrazone groups is 1. The molecule has 2 aromatic carbocycles. The normalized spacial score (nSPS) is 20.5. The smallest absolute Gasteiger partial charge is 0.310 e. The quantitative estimate of drug-likeness (QED) is 0.395. The van der Waals surface area contributed by atoms with Crippen molar-refractivity contribution in [3.8, 4) is 11.5 Å². The number of furan rings is 1. The number of ether oxygens (including phenoxy) is 2. The number of allylic oxidation sites excluding steroid dienone is 1. The second kappa shape index (κ2) is 10.2. The highest BCUT2D eigenvalue weighted by molar-refractivity contribution is 6.09. The van der Waals surface area contributed by atoms with E-state index in [-0.39, 0.29) is 17.9 Å². The number of hydrogen-bond donors (Lipinski definition) is 0. The monoisotopic (exact) mass is 470 g/mol. The number of carbonyl (C=O) groups is 1. The first-order valence-corrected chi connectivity index (χ1v) is 12.3. The predicted octanol–water partition coefficient (Wildman–Crippen LogP) is 6.51. The van der Waals surface area contributed by atoms with Gasteiger partial charge in [-0.05, 0) is 92.3 Å². The van der Waals surface area contributed by atoms with Crippen LogP contribution in [0.15, 0.2) is 82.0 Å². The summed E-state index contributed by atoms with van der Waals surface area (Å²) >= 11 is 0. The molecule has 0 radical (unpaired) electrons. The molecule has 3 aromatic rings. The standard InChI is InChI=1S/C29H30N2O4/c1-3-33-23-14-10-20(11-15-23)19-22-7-5-8-25-27(22)30-31(29(32)26-9-6-18-35-26)28(25)21-12-16-24(17-13-21)34-4-2/h6,9-19,25,28H,3-5,7-8H2,1-2H3/b22-19+/t25-,28-/m1/s1. The van der Waals surface area contributed by atoms with E-state index in [1.165, 1.54) is 11.8 Å². The van der Waals surface area contributed by atoms with Crippen LogP contribution < -0.4 is 9.47 Å². The van der Waals surface area contributed by atoms with E-state index in [0.717, 1.165) is 47.6 Å². The molecule has 2 heterocycles. The topological polar surface area (TPSA) is 64.3 Å². The Balaban J connectivity index is 1.50. The van der Waals surface area contributed by atoms with E-state index in [2.05, 4.69) is 18.2 Å². The van der Waals surface area contributed by atoms with Crippen LogP contribution in [0.1, 0.15) is 60.8 Å². The Labute approximate surface area is 205 Å². The molecular weight excluding hydrogens is 440 g/mol. The molecule has 6 heteroatoms. The molecule has 0 N–H and O–H groups in total. The Bertz CT molecular complexity index is 1210. The molecule has 1 amide bonds. The molecule has 180 valence electrons. The second-order valence-corrected chi connectivity index (χ2v) is 8.73. The van der Waals surface area contributed by atoms with Crippen molar-refractivity contribution in [3.63, 3.8) is 0 Å². The molecule has 5 rings (SSSR count). The lowest BCUT2D eigenvalue weighted by Crippen LogP contribution is -2.31. The minimum atomic E-state index is -0.226. The minimum Gasteiger partial charge on any atom is -0.494 e. The van der Waals surface area contributed by atoms with Crippen LogP contribution >= 0.6 is 0 Å². The molecule has 6 nitrogen and oxygen atoms in total. The van der Waals surface area contributed by atoms with Gasteiger partial charge in [-0.1, -0.05) is 24.3 Å². The summed E-state index contributed by atoms with van der Waals surface area (Å²) in [5.74, 6) is 1.87. The summed E-state index contributed by atoms with van der Waals surface area (Å²) in [6, 6.07) is 19.3. The van der Waals surface area contributed by atoms with Gasteiger partial charge in [0, 0.05) is 5.92 Å². The Hall–Kier alpha value is -3.80. The number of amides is 1. The van der Waals surface area contributed by atoms with Gasteiger partial charge in [-0.15, -0.1) is 0 Å². The van der Waals surface area contributed by atoms with Crippen molar-refractivity contribution in [2.75, 3.05) is 13.2 Å². The van der Waals surface area contributed by atoms with E-state index in [1.54, 1.807) is 17.1 Å². The van der Waals surface area contributed by atoms with Crippen molar-refractivity contribution < 1.29 is 18.7 Å². The third-order valence-electron chi connectivity index (χ3n) is 6.51. The van der Waals surface area contributed by atoms with Crippen molar-refractivity contribution >= 4 is 17.7 Å². The number of rotatable bonds is 7. The lowest BCUT2D eigenvalue weighted by molar-refractivity contribution is 0.0648. The molecule has 1 fully saturated rings. The molecule has 0 bridgehead atoms. The zero-order valence-corrected chi connectivity index (χ0v) is 20.1. The summed E-state index contributed by atoms with van der Waals surface area (Å²) in [6.45, 7) is 5.20. The first kappa shape index (κ1) is 23.0. The summed E-state index contributed by atoms with van der Waals surface area (Å²) in [6.07, 6.45) is 6.66. The molecule has 0 saturated heterocycles. The fourth-order valence-electron chi connectivity index (χ4n) is 4.97. The Morgan fingerprint density at radius 3 is 2.34 bits per heavy atom. The fourth-order valence-corrected chi connectivity index (χ4v) is 4.97. The molecule has 2 aliphatic rings. The first-order valence-electron chi connectivity index (χ1n) is 12.3. The van der Waals surface area contributed by atoms with Crippen LogP contribution in [0.4, 0.5) is 0 Å². The van der Waals surface area contributed by atoms with Crippen LogP contribution in [-0.2, 0) is 0 Å². The molecule has 1 aliphatic carbocycles. The molecule has 0 unspecified atom stereocenters. The Morgan fingerprint density at radius 1 is 1.03 bits per heavy atom. The largest absolute Gasteiger partial charge is 0.494 e. The van der Waals surface area contributed by atoms with E-state index in [1.807, 2.05) is 50.2 Å². The van der Waals surface area contributed by atoms with Crippen LogP contribution in [0.3, 0.4) is 0 Å². The Morgan fingerprint density at radius 2 is 1.71 bits per heavy atom. The number of nitrogens with zero attached hydrogens (tertiary/aromatic N) is 2. The number of hydrogen-bond acceptors (Lipinski definition) is 5. The van der Waals surface area contributed by atoms with E-state index in [0.29, 0.717) is 19.0 Å². The lowest BCUT2D eigenvalue weighted by Gasteiger charge is -2.29. The van der Waals surface area contributed by atoms with Gasteiger partial charge in [-0.2, -0.15) is 5.10 Å². The number of carbonyl (C=O) groups excluding carboxylic acids is 1. The Kier molecular flexibility index (Phi) is 6.70. The highest BCUT2D eigenvalue weighted by atomic mass is 16.5. The van der Waals surface area contributed by atoms with Crippen molar-refractivity contribution in [1.29, 1.82) is 0 Å². The summed E-state index contributed by atoms with van der Waals surface area (Å²) in [4.78, 5) is 13.4. The van der Waals surface area contributed by atoms with Crippen LogP contribution in [-0.4, -0.2) is 29.8 Å². The average Bonchev–Trinajstić information content (AvgIpc) is 3.55. The van der Waals surface area contributed by atoms with E-state index < -0.39 is 0 Å². The van der Waals surface area contributed by atoms with Crippen molar-refractivity contribution in [2.45, 2.75) is 39.2 Å². The van der Waals surface area contributed by atoms with Crippen LogP contribution in [0, 0.1) is 5.92 Å². The maximum absolute atomic E-state index is 13.4. The highest BCUT2D eigenvalue weighted by Gasteiger charge is 2.44. The summed E-state index contributed by atoms with van der Waals surface area (Å²) in [5, 5.41) is 6.54. The van der Waals surface area contributed by atoms with Crippen molar-refractivity contribution in [2.24, 2.45) is 11.0 Å². The third-order valence-corrected chi connectivity index (χ3v) is 6.51. The second-order valence-electron chi connectivity index (χ2n) is 8.73. The van der Waals surface area contributed by atoms with Gasteiger partial charge in [-0.25, -0.2) is 5.01 Å². The lowest BCUT2D eigenvalue weighted by atomic mass is 9.77. The maximum atomic E-state index is 13.4. The number of benzene rings is 2. The van der Waals surface area contributed by atoms with Gasteiger partial charge in [0.15, 0.2) is 5.76 Å². The molecule has 2 atom stereocenters. The van der Waals surface area contributed by atoms with Gasteiger partial charge in [0.2, 0.25) is 0 Å². The molecule has 1 aliphatic heterocycles. The van der Waals surface area contributed by atoms with Gasteiger partial charge in [-0.3, -0.25) is 4.79 Å². The third kappa shape index (κ3) is 4.74. The molecule has 1 aromatic heterocycles. The molecule has 35 heavy (non-hydrogen) atoms. The van der Waals surface area contributed by atoms with Gasteiger partial charge in [0.25, 0.3) is 0 Å². The van der Waals surface area contributed by atoms with Gasteiger partial charge in [0.05, 0.1) is 31.2 Å². The van der Waals surface area contributed by atoms with Crippen LogP contribution in [0.5, 0.6) is 11.5 Å². The zero-order chi connectivity index (χ0) is 24.2. The van der Waals surface area contributed by atoms with Gasteiger partial charge < -0.3 is 13.9 Å². The van der Waals surface area contributed by atoms with E-state index in [9.17, 15) is 4.79 Å². The van der Waals surface area contributed by atoms with Crippen LogP contribution in [0.25, 0.3) is 6.08 Å². The fraction of sp³-hybridized carbons (Fsp3) is 0.310. The van der Waals surface area contributed by atoms with E-state index in [4.69, 9.17) is 19.0 Å². The first-order chi connectivity index (χ1) is 17.2. The van der Waals surface area contributed by atoms with Crippen molar-refractivity contribution in [3.05, 3.63) is 89.4 Å². The zero-order valence-electron chi connectivity index (χ0n) is 20.1. The predicted molar refractivity (Wildman–Crippen MR) is 136 cm³/mol.